The van der Waals surface area contributed by atoms with E-state index in [-0.39, 0.29) is 16.4 Å². The fourth-order valence-corrected chi connectivity index (χ4v) is 2.22. The molecule has 1 amide bonds. The van der Waals surface area contributed by atoms with Gasteiger partial charge in [-0.25, -0.2) is 4.79 Å². The second kappa shape index (κ2) is 8.11. The van der Waals surface area contributed by atoms with E-state index in [1.54, 1.807) is 31.3 Å². The van der Waals surface area contributed by atoms with Gasteiger partial charge in [0.2, 0.25) is 0 Å². The van der Waals surface area contributed by atoms with Crippen molar-refractivity contribution >= 4 is 40.5 Å². The molecule has 0 bridgehead atoms. The second-order valence-electron chi connectivity index (χ2n) is 4.84. The fourth-order valence-electron chi connectivity index (χ4n) is 1.99. The number of rotatable bonds is 6. The van der Waals surface area contributed by atoms with Crippen LogP contribution in [0.15, 0.2) is 42.5 Å². The maximum absolute atomic E-state index is 12.0. The van der Waals surface area contributed by atoms with Crippen molar-refractivity contribution in [3.63, 3.8) is 0 Å². The first-order valence-electron chi connectivity index (χ1n) is 7.10. The second-order valence-corrected chi connectivity index (χ2v) is 5.25. The van der Waals surface area contributed by atoms with Gasteiger partial charge in [0.15, 0.2) is 6.61 Å². The third-order valence-corrected chi connectivity index (χ3v) is 3.50. The molecule has 0 unspecified atom stereocenters. The Morgan fingerprint density at radius 2 is 1.92 bits per heavy atom. The number of nitro benzene ring substituents is 1. The van der Waals surface area contributed by atoms with Crippen molar-refractivity contribution in [2.45, 2.75) is 0 Å². The Hall–Kier alpha value is -3.13. The Labute approximate surface area is 147 Å². The Morgan fingerprint density at radius 1 is 1.20 bits per heavy atom. The van der Waals surface area contributed by atoms with Crippen LogP contribution in [-0.4, -0.2) is 30.5 Å². The Morgan fingerprint density at radius 3 is 2.56 bits per heavy atom. The van der Waals surface area contributed by atoms with E-state index in [9.17, 15) is 19.7 Å². The quantitative estimate of drug-likeness (QED) is 0.463. The number of hydrogen-bond donors (Lipinski definition) is 2. The van der Waals surface area contributed by atoms with Crippen LogP contribution >= 0.6 is 11.6 Å². The molecule has 0 saturated carbocycles. The number of carbonyl (C=O) groups is 2. The summed E-state index contributed by atoms with van der Waals surface area (Å²) in [6, 6.07) is 10.3. The Bertz CT molecular complexity index is 825. The summed E-state index contributed by atoms with van der Waals surface area (Å²) in [5, 5.41) is 15.9. The number of ether oxygens (including phenoxy) is 1. The van der Waals surface area contributed by atoms with Crippen LogP contribution in [0.1, 0.15) is 10.4 Å². The molecule has 25 heavy (non-hydrogen) atoms. The molecular weight excluding hydrogens is 350 g/mol. The van der Waals surface area contributed by atoms with Crippen LogP contribution in [0.3, 0.4) is 0 Å². The lowest BCUT2D eigenvalue weighted by Crippen LogP contribution is -2.21. The minimum atomic E-state index is -0.658. The van der Waals surface area contributed by atoms with Gasteiger partial charge >= 0.3 is 5.97 Å². The number of hydrogen-bond acceptors (Lipinski definition) is 6. The maximum Gasteiger partial charge on any atom is 0.340 e. The summed E-state index contributed by atoms with van der Waals surface area (Å²) >= 11 is 5.88. The Balaban J connectivity index is 1.97. The van der Waals surface area contributed by atoms with Crippen LogP contribution in [-0.2, 0) is 9.53 Å². The van der Waals surface area contributed by atoms with Crippen molar-refractivity contribution in [3.8, 4) is 0 Å². The van der Waals surface area contributed by atoms with Crippen molar-refractivity contribution < 1.29 is 19.2 Å². The van der Waals surface area contributed by atoms with E-state index in [1.165, 1.54) is 12.1 Å². The normalized spacial score (nSPS) is 10.0. The minimum absolute atomic E-state index is 0.00871. The highest BCUT2D eigenvalue weighted by Gasteiger charge is 2.15. The van der Waals surface area contributed by atoms with Crippen LogP contribution in [0.25, 0.3) is 0 Å². The van der Waals surface area contributed by atoms with Crippen molar-refractivity contribution in [3.05, 3.63) is 63.2 Å². The Kier molecular flexibility index (Phi) is 5.91. The molecular formula is C16H14ClN3O5. The zero-order chi connectivity index (χ0) is 18.4. The molecule has 0 heterocycles. The van der Waals surface area contributed by atoms with Gasteiger partial charge in [0.05, 0.1) is 21.2 Å². The van der Waals surface area contributed by atoms with Crippen LogP contribution in [0.4, 0.5) is 17.1 Å². The summed E-state index contributed by atoms with van der Waals surface area (Å²) in [4.78, 5) is 34.0. The van der Waals surface area contributed by atoms with Crippen LogP contribution in [0.5, 0.6) is 0 Å². The molecule has 8 nitrogen and oxygen atoms in total. The van der Waals surface area contributed by atoms with Gasteiger partial charge in [0.1, 0.15) is 0 Å². The van der Waals surface area contributed by atoms with Crippen LogP contribution < -0.4 is 10.6 Å². The van der Waals surface area contributed by atoms with E-state index < -0.39 is 23.4 Å². The topological polar surface area (TPSA) is 111 Å². The first kappa shape index (κ1) is 18.2. The number of esters is 1. The number of para-hydroxylation sites is 1. The summed E-state index contributed by atoms with van der Waals surface area (Å²) in [5.41, 5.74) is 0.861. The SMILES string of the molecule is CNc1ccccc1C(=O)OCC(=O)Nc1ccc([N+](=O)[O-])cc1Cl. The molecule has 0 aliphatic heterocycles. The fraction of sp³-hybridized carbons (Fsp3) is 0.125. The molecule has 0 aromatic heterocycles. The first-order chi connectivity index (χ1) is 11.9. The number of anilines is 2. The van der Waals surface area contributed by atoms with Crippen molar-refractivity contribution in [2.75, 3.05) is 24.3 Å². The van der Waals surface area contributed by atoms with E-state index in [1.807, 2.05) is 0 Å². The molecule has 0 atom stereocenters. The highest BCUT2D eigenvalue weighted by atomic mass is 35.5. The molecule has 9 heteroatoms. The van der Waals surface area contributed by atoms with Crippen molar-refractivity contribution in [1.82, 2.24) is 0 Å². The van der Waals surface area contributed by atoms with Crippen LogP contribution in [0.2, 0.25) is 5.02 Å². The molecule has 0 radical (unpaired) electrons. The zero-order valence-electron chi connectivity index (χ0n) is 13.1. The lowest BCUT2D eigenvalue weighted by atomic mass is 10.2. The number of carbonyl (C=O) groups excluding carboxylic acids is 2. The van der Waals surface area contributed by atoms with E-state index in [2.05, 4.69) is 10.6 Å². The van der Waals surface area contributed by atoms with Crippen LogP contribution in [0, 0.1) is 10.1 Å². The summed E-state index contributed by atoms with van der Waals surface area (Å²) in [7, 11) is 1.66. The van der Waals surface area contributed by atoms with Gasteiger partial charge in [0, 0.05) is 24.9 Å². The molecule has 2 N–H and O–H groups in total. The lowest BCUT2D eigenvalue weighted by Gasteiger charge is -2.10. The van der Waals surface area contributed by atoms with Gasteiger partial charge in [0.25, 0.3) is 11.6 Å². The highest BCUT2D eigenvalue weighted by molar-refractivity contribution is 6.34. The predicted octanol–water partition coefficient (Wildman–Crippen LogP) is 3.09. The summed E-state index contributed by atoms with van der Waals surface area (Å²) in [6.45, 7) is -0.524. The first-order valence-corrected chi connectivity index (χ1v) is 7.48. The van der Waals surface area contributed by atoms with E-state index in [4.69, 9.17) is 16.3 Å². The number of nitrogens with one attached hydrogen (secondary N) is 2. The average molecular weight is 364 g/mol. The summed E-state index contributed by atoms with van der Waals surface area (Å²) in [5.74, 6) is -1.28. The highest BCUT2D eigenvalue weighted by Crippen LogP contribution is 2.26. The summed E-state index contributed by atoms with van der Waals surface area (Å²) < 4.78 is 4.96. The minimum Gasteiger partial charge on any atom is -0.452 e. The van der Waals surface area contributed by atoms with E-state index >= 15 is 0 Å². The molecule has 0 spiro atoms. The number of benzene rings is 2. The van der Waals surface area contributed by atoms with Gasteiger partial charge in [-0.2, -0.15) is 0 Å². The average Bonchev–Trinajstić information content (AvgIpc) is 2.61. The monoisotopic (exact) mass is 363 g/mol. The molecule has 0 aliphatic carbocycles. The van der Waals surface area contributed by atoms with Gasteiger partial charge in [-0.1, -0.05) is 23.7 Å². The number of non-ortho nitro benzene ring substituents is 1. The molecule has 0 fully saturated rings. The largest absolute Gasteiger partial charge is 0.452 e. The molecule has 0 aliphatic rings. The number of nitro groups is 1. The van der Waals surface area contributed by atoms with E-state index in [0.29, 0.717) is 11.3 Å². The summed E-state index contributed by atoms with van der Waals surface area (Å²) in [6.07, 6.45) is 0. The molecule has 130 valence electrons. The number of nitrogens with zero attached hydrogens (tertiary/aromatic N) is 1. The van der Waals surface area contributed by atoms with Crippen molar-refractivity contribution in [1.29, 1.82) is 0 Å². The third-order valence-electron chi connectivity index (χ3n) is 3.19. The predicted molar refractivity (Wildman–Crippen MR) is 93.0 cm³/mol. The lowest BCUT2D eigenvalue weighted by molar-refractivity contribution is -0.384. The van der Waals surface area contributed by atoms with Gasteiger partial charge in [-0.15, -0.1) is 0 Å². The smallest absolute Gasteiger partial charge is 0.340 e. The maximum atomic E-state index is 12.0. The third kappa shape index (κ3) is 4.67. The number of halogens is 1. The van der Waals surface area contributed by atoms with Crippen molar-refractivity contribution in [2.24, 2.45) is 0 Å². The molecule has 0 saturated heterocycles. The van der Waals surface area contributed by atoms with Gasteiger partial charge < -0.3 is 15.4 Å². The molecule has 2 aromatic rings. The van der Waals surface area contributed by atoms with Gasteiger partial charge in [-0.3, -0.25) is 14.9 Å². The number of amides is 1. The molecule has 2 rings (SSSR count). The van der Waals surface area contributed by atoms with Gasteiger partial charge in [-0.05, 0) is 18.2 Å². The van der Waals surface area contributed by atoms with E-state index in [0.717, 1.165) is 6.07 Å². The standard InChI is InChI=1S/C16H14ClN3O5/c1-18-13-5-3-2-4-11(13)16(22)25-9-15(21)19-14-7-6-10(20(23)24)8-12(14)17/h2-8,18H,9H2,1H3,(H,19,21). The molecule has 2 aromatic carbocycles. The zero-order valence-corrected chi connectivity index (χ0v) is 13.9.